The molecule has 28 heavy (non-hydrogen) atoms. The molecule has 1 unspecified atom stereocenters. The smallest absolute Gasteiger partial charge is 0.254 e. The van der Waals surface area contributed by atoms with Gasteiger partial charge in [-0.15, -0.1) is 0 Å². The van der Waals surface area contributed by atoms with Gasteiger partial charge in [-0.3, -0.25) is 9.59 Å². The normalized spacial score (nSPS) is 14.6. The van der Waals surface area contributed by atoms with Gasteiger partial charge in [-0.2, -0.15) is 0 Å². The lowest BCUT2D eigenvalue weighted by Gasteiger charge is -2.32. The molecule has 1 heterocycles. The molecule has 1 aliphatic rings. The van der Waals surface area contributed by atoms with Crippen molar-refractivity contribution in [3.63, 3.8) is 0 Å². The van der Waals surface area contributed by atoms with E-state index in [1.807, 2.05) is 73.0 Å². The van der Waals surface area contributed by atoms with Crippen molar-refractivity contribution in [2.45, 2.75) is 58.7 Å². The second kappa shape index (κ2) is 8.63. The molecule has 1 saturated carbocycles. The van der Waals surface area contributed by atoms with Gasteiger partial charge in [-0.25, -0.2) is 0 Å². The molecule has 1 fully saturated rings. The summed E-state index contributed by atoms with van der Waals surface area (Å²) in [5.41, 5.74) is 2.73. The lowest BCUT2D eigenvalue weighted by Crippen LogP contribution is -2.47. The van der Waals surface area contributed by atoms with Gasteiger partial charge in [0.15, 0.2) is 0 Å². The van der Waals surface area contributed by atoms with E-state index in [9.17, 15) is 9.59 Å². The van der Waals surface area contributed by atoms with Crippen molar-refractivity contribution in [1.82, 2.24) is 14.4 Å². The summed E-state index contributed by atoms with van der Waals surface area (Å²) in [4.78, 5) is 30.2. The topological polar surface area (TPSA) is 45.6 Å². The number of hydrogen-bond donors (Lipinski definition) is 0. The van der Waals surface area contributed by atoms with Crippen LogP contribution in [-0.2, 0) is 18.4 Å². The van der Waals surface area contributed by atoms with Crippen LogP contribution in [0, 0.1) is 6.92 Å². The van der Waals surface area contributed by atoms with Crippen molar-refractivity contribution < 1.29 is 9.59 Å². The SMILES string of the molecule is CCC(C)N(CC(=O)N(Cc1cccn1C)C1CC1)C(=O)c1ccccc1C. The minimum absolute atomic E-state index is 0.00662. The summed E-state index contributed by atoms with van der Waals surface area (Å²) >= 11 is 0. The number of carbonyl (C=O) groups excluding carboxylic acids is 2. The summed E-state index contributed by atoms with van der Waals surface area (Å²) in [5.74, 6) is -0.0265. The van der Waals surface area contributed by atoms with Crippen LogP contribution in [-0.4, -0.2) is 44.8 Å². The molecule has 1 aromatic heterocycles. The molecule has 150 valence electrons. The first-order valence-electron chi connectivity index (χ1n) is 10.2. The predicted molar refractivity (Wildman–Crippen MR) is 111 cm³/mol. The van der Waals surface area contributed by atoms with Crippen molar-refractivity contribution in [3.05, 3.63) is 59.4 Å². The fraction of sp³-hybridized carbons (Fsp3) is 0.478. The minimum atomic E-state index is -0.0598. The molecule has 5 heteroatoms. The number of amides is 2. The molecule has 5 nitrogen and oxygen atoms in total. The van der Waals surface area contributed by atoms with Gasteiger partial charge in [-0.1, -0.05) is 25.1 Å². The van der Waals surface area contributed by atoms with Gasteiger partial charge >= 0.3 is 0 Å². The van der Waals surface area contributed by atoms with Crippen LogP contribution in [0.4, 0.5) is 0 Å². The quantitative estimate of drug-likeness (QED) is 0.699. The number of hydrogen-bond acceptors (Lipinski definition) is 2. The predicted octanol–water partition coefficient (Wildman–Crippen LogP) is 3.77. The molecule has 0 aliphatic heterocycles. The van der Waals surface area contributed by atoms with Gasteiger partial charge in [-0.05, 0) is 56.9 Å². The molecule has 3 rings (SSSR count). The highest BCUT2D eigenvalue weighted by molar-refractivity contribution is 5.98. The first-order chi connectivity index (χ1) is 13.4. The van der Waals surface area contributed by atoms with E-state index in [1.165, 1.54) is 0 Å². The van der Waals surface area contributed by atoms with Crippen LogP contribution in [0.25, 0.3) is 0 Å². The molecule has 0 N–H and O–H groups in total. The van der Waals surface area contributed by atoms with Gasteiger partial charge in [0.2, 0.25) is 5.91 Å². The van der Waals surface area contributed by atoms with E-state index < -0.39 is 0 Å². The largest absolute Gasteiger partial charge is 0.353 e. The Bertz CT molecular complexity index is 838. The highest BCUT2D eigenvalue weighted by Gasteiger charge is 2.35. The Morgan fingerprint density at radius 1 is 1.18 bits per heavy atom. The number of aryl methyl sites for hydroxylation is 2. The highest BCUT2D eigenvalue weighted by Crippen LogP contribution is 2.29. The van der Waals surface area contributed by atoms with Gasteiger partial charge in [0.1, 0.15) is 6.54 Å². The summed E-state index contributed by atoms with van der Waals surface area (Å²) in [6.45, 7) is 6.73. The molecule has 1 atom stereocenters. The molecular formula is C23H31N3O2. The Kier molecular flexibility index (Phi) is 6.22. The van der Waals surface area contributed by atoms with Gasteiger partial charge in [0.25, 0.3) is 5.91 Å². The van der Waals surface area contributed by atoms with Crippen molar-refractivity contribution in [3.8, 4) is 0 Å². The molecule has 0 radical (unpaired) electrons. The first-order valence-corrected chi connectivity index (χ1v) is 10.2. The first kappa shape index (κ1) is 20.2. The molecule has 0 bridgehead atoms. The molecular weight excluding hydrogens is 350 g/mol. The summed E-state index contributed by atoms with van der Waals surface area (Å²) in [7, 11) is 2.00. The standard InChI is InChI=1S/C23H31N3O2/c1-5-18(3)25(23(28)21-11-7-6-9-17(21)2)16-22(27)26(19-12-13-19)15-20-10-8-14-24(20)4/h6-11,14,18-19H,5,12-13,15-16H2,1-4H3. The highest BCUT2D eigenvalue weighted by atomic mass is 16.2. The van der Waals surface area contributed by atoms with Crippen LogP contribution in [0.3, 0.4) is 0 Å². The molecule has 0 spiro atoms. The Morgan fingerprint density at radius 2 is 1.89 bits per heavy atom. The minimum Gasteiger partial charge on any atom is -0.353 e. The van der Waals surface area contributed by atoms with Crippen LogP contribution < -0.4 is 0 Å². The van der Waals surface area contributed by atoms with Crippen LogP contribution in [0.15, 0.2) is 42.6 Å². The third-order valence-corrected chi connectivity index (χ3v) is 5.76. The number of rotatable bonds is 8. The van der Waals surface area contributed by atoms with Crippen molar-refractivity contribution in [2.24, 2.45) is 7.05 Å². The van der Waals surface area contributed by atoms with Crippen LogP contribution in [0.1, 0.15) is 54.7 Å². The van der Waals surface area contributed by atoms with Crippen molar-refractivity contribution in [1.29, 1.82) is 0 Å². The maximum atomic E-state index is 13.2. The van der Waals surface area contributed by atoms with E-state index in [0.717, 1.165) is 30.5 Å². The van der Waals surface area contributed by atoms with Crippen LogP contribution in [0.2, 0.25) is 0 Å². The van der Waals surface area contributed by atoms with E-state index in [4.69, 9.17) is 0 Å². The lowest BCUT2D eigenvalue weighted by atomic mass is 10.1. The maximum Gasteiger partial charge on any atom is 0.254 e. The van der Waals surface area contributed by atoms with E-state index >= 15 is 0 Å². The Labute approximate surface area is 167 Å². The zero-order valence-corrected chi connectivity index (χ0v) is 17.4. The summed E-state index contributed by atoms with van der Waals surface area (Å²) in [6, 6.07) is 11.9. The summed E-state index contributed by atoms with van der Waals surface area (Å²) in [5, 5.41) is 0. The monoisotopic (exact) mass is 381 g/mol. The van der Waals surface area contributed by atoms with Gasteiger partial charge in [0.05, 0.1) is 6.54 Å². The third kappa shape index (κ3) is 4.46. The summed E-state index contributed by atoms with van der Waals surface area (Å²) < 4.78 is 2.05. The van der Waals surface area contributed by atoms with Gasteiger partial charge < -0.3 is 14.4 Å². The van der Waals surface area contributed by atoms with Gasteiger partial charge in [0, 0.05) is 36.6 Å². The zero-order valence-electron chi connectivity index (χ0n) is 17.4. The average Bonchev–Trinajstić information content (AvgIpc) is 3.45. The van der Waals surface area contributed by atoms with Crippen molar-refractivity contribution >= 4 is 11.8 Å². The van der Waals surface area contributed by atoms with E-state index in [1.54, 1.807) is 4.90 Å². The second-order valence-corrected chi connectivity index (χ2v) is 7.87. The molecule has 0 saturated heterocycles. The Morgan fingerprint density at radius 3 is 2.46 bits per heavy atom. The van der Waals surface area contributed by atoms with E-state index in [2.05, 4.69) is 6.92 Å². The molecule has 2 amide bonds. The molecule has 1 aliphatic carbocycles. The molecule has 1 aromatic carbocycles. The Balaban J connectivity index is 1.79. The second-order valence-electron chi connectivity index (χ2n) is 7.87. The van der Waals surface area contributed by atoms with Crippen LogP contribution in [0.5, 0.6) is 0 Å². The number of carbonyl (C=O) groups is 2. The number of aromatic nitrogens is 1. The van der Waals surface area contributed by atoms with Crippen LogP contribution >= 0.6 is 0 Å². The third-order valence-electron chi connectivity index (χ3n) is 5.76. The average molecular weight is 382 g/mol. The zero-order chi connectivity index (χ0) is 20.3. The number of benzene rings is 1. The fourth-order valence-corrected chi connectivity index (χ4v) is 3.49. The maximum absolute atomic E-state index is 13.2. The fourth-order valence-electron chi connectivity index (χ4n) is 3.49. The Hall–Kier alpha value is -2.56. The summed E-state index contributed by atoms with van der Waals surface area (Å²) in [6.07, 6.45) is 4.90. The van der Waals surface area contributed by atoms with E-state index in [0.29, 0.717) is 18.2 Å². The number of nitrogens with zero attached hydrogens (tertiary/aromatic N) is 3. The van der Waals surface area contributed by atoms with E-state index in [-0.39, 0.29) is 24.4 Å². The molecule has 2 aromatic rings. The van der Waals surface area contributed by atoms with Crippen molar-refractivity contribution in [2.75, 3.05) is 6.54 Å². The lowest BCUT2D eigenvalue weighted by molar-refractivity contribution is -0.133.